The van der Waals surface area contributed by atoms with Crippen molar-refractivity contribution in [3.05, 3.63) is 39.7 Å². The molecule has 1 aliphatic heterocycles. The molecule has 0 atom stereocenters. The van der Waals surface area contributed by atoms with Crippen molar-refractivity contribution in [3.63, 3.8) is 0 Å². The SMILES string of the molecule is CCCOC(=O)c1c(NC(=O)c2ccc(CN3CCCC3)o2)sc2c1CCCC2. The quantitative estimate of drug-likeness (QED) is 0.666. The molecule has 3 heterocycles. The maximum atomic E-state index is 12.8. The molecule has 1 fully saturated rings. The van der Waals surface area contributed by atoms with E-state index in [1.807, 2.05) is 13.0 Å². The fourth-order valence-electron chi connectivity index (χ4n) is 4.05. The van der Waals surface area contributed by atoms with Crippen LogP contribution in [0.1, 0.15) is 76.1 Å². The molecule has 0 aromatic carbocycles. The molecule has 156 valence electrons. The van der Waals surface area contributed by atoms with Crippen LogP contribution >= 0.6 is 11.3 Å². The van der Waals surface area contributed by atoms with Crippen LogP contribution in [0.4, 0.5) is 5.00 Å². The van der Waals surface area contributed by atoms with Gasteiger partial charge in [-0.25, -0.2) is 4.79 Å². The molecule has 2 aromatic rings. The first-order valence-electron chi connectivity index (χ1n) is 10.6. The lowest BCUT2D eigenvalue weighted by Gasteiger charge is -2.12. The number of nitrogens with one attached hydrogen (secondary N) is 1. The number of hydrogen-bond donors (Lipinski definition) is 1. The molecule has 2 aromatic heterocycles. The Morgan fingerprint density at radius 3 is 2.76 bits per heavy atom. The number of hydrogen-bond acceptors (Lipinski definition) is 6. The summed E-state index contributed by atoms with van der Waals surface area (Å²) in [6.45, 7) is 5.23. The summed E-state index contributed by atoms with van der Waals surface area (Å²) >= 11 is 1.50. The Morgan fingerprint density at radius 1 is 1.17 bits per heavy atom. The van der Waals surface area contributed by atoms with Crippen LogP contribution in [-0.2, 0) is 24.1 Å². The second-order valence-corrected chi connectivity index (χ2v) is 8.86. The summed E-state index contributed by atoms with van der Waals surface area (Å²) in [4.78, 5) is 29.0. The number of anilines is 1. The number of fused-ring (bicyclic) bond motifs is 1. The zero-order chi connectivity index (χ0) is 20.2. The average Bonchev–Trinajstić information content (AvgIpc) is 3.46. The van der Waals surface area contributed by atoms with Gasteiger partial charge in [-0.15, -0.1) is 11.3 Å². The first-order chi connectivity index (χ1) is 14.2. The van der Waals surface area contributed by atoms with E-state index in [-0.39, 0.29) is 17.6 Å². The van der Waals surface area contributed by atoms with Crippen molar-refractivity contribution in [1.82, 2.24) is 4.90 Å². The van der Waals surface area contributed by atoms with Crippen molar-refractivity contribution in [2.24, 2.45) is 0 Å². The van der Waals surface area contributed by atoms with E-state index in [1.54, 1.807) is 6.07 Å². The molecule has 29 heavy (non-hydrogen) atoms. The predicted octanol–water partition coefficient (Wildman–Crippen LogP) is 4.63. The van der Waals surface area contributed by atoms with E-state index < -0.39 is 0 Å². The Bertz CT molecular complexity index is 880. The Hall–Kier alpha value is -2.12. The first kappa shape index (κ1) is 20.2. The number of thiophene rings is 1. The van der Waals surface area contributed by atoms with Gasteiger partial charge < -0.3 is 14.5 Å². The monoisotopic (exact) mass is 416 g/mol. The van der Waals surface area contributed by atoms with Gasteiger partial charge in [-0.3, -0.25) is 9.69 Å². The third kappa shape index (κ3) is 4.56. The number of aryl methyl sites for hydroxylation is 1. The number of rotatable bonds is 7. The molecule has 0 spiro atoms. The highest BCUT2D eigenvalue weighted by Crippen LogP contribution is 2.39. The van der Waals surface area contributed by atoms with Crippen LogP contribution in [0.5, 0.6) is 0 Å². The molecular formula is C22H28N2O4S. The minimum absolute atomic E-state index is 0.276. The fourth-order valence-corrected chi connectivity index (χ4v) is 5.32. The largest absolute Gasteiger partial charge is 0.462 e. The van der Waals surface area contributed by atoms with E-state index in [4.69, 9.17) is 9.15 Å². The normalized spacial score (nSPS) is 16.6. The summed E-state index contributed by atoms with van der Waals surface area (Å²) in [6, 6.07) is 3.58. The van der Waals surface area contributed by atoms with Crippen molar-refractivity contribution >= 4 is 28.2 Å². The van der Waals surface area contributed by atoms with Crippen LogP contribution in [0.25, 0.3) is 0 Å². The third-order valence-electron chi connectivity index (χ3n) is 5.50. The van der Waals surface area contributed by atoms with Crippen molar-refractivity contribution in [2.45, 2.75) is 58.4 Å². The fraction of sp³-hybridized carbons (Fsp3) is 0.545. The van der Waals surface area contributed by atoms with Gasteiger partial charge in [0.25, 0.3) is 5.91 Å². The highest BCUT2D eigenvalue weighted by Gasteiger charge is 2.28. The van der Waals surface area contributed by atoms with Gasteiger partial charge in [0, 0.05) is 4.88 Å². The molecule has 0 unspecified atom stereocenters. The van der Waals surface area contributed by atoms with Crippen molar-refractivity contribution in [3.8, 4) is 0 Å². The van der Waals surface area contributed by atoms with E-state index in [2.05, 4.69) is 10.2 Å². The zero-order valence-electron chi connectivity index (χ0n) is 16.9. The van der Waals surface area contributed by atoms with Crippen molar-refractivity contribution in [2.75, 3.05) is 25.0 Å². The second-order valence-electron chi connectivity index (χ2n) is 7.75. The van der Waals surface area contributed by atoms with Crippen LogP contribution in [0.15, 0.2) is 16.5 Å². The number of carbonyl (C=O) groups excluding carboxylic acids is 2. The summed E-state index contributed by atoms with van der Waals surface area (Å²) in [5.41, 5.74) is 1.59. The molecule has 1 amide bonds. The van der Waals surface area contributed by atoms with Crippen LogP contribution < -0.4 is 5.32 Å². The van der Waals surface area contributed by atoms with Gasteiger partial charge in [-0.05, 0) is 75.7 Å². The molecule has 2 aliphatic rings. The second kappa shape index (κ2) is 9.13. The van der Waals surface area contributed by atoms with Crippen LogP contribution in [-0.4, -0.2) is 36.5 Å². The maximum Gasteiger partial charge on any atom is 0.341 e. The maximum absolute atomic E-state index is 12.8. The van der Waals surface area contributed by atoms with Gasteiger partial charge >= 0.3 is 5.97 Å². The molecule has 0 bridgehead atoms. The van der Waals surface area contributed by atoms with Crippen molar-refractivity contribution in [1.29, 1.82) is 0 Å². The smallest absolute Gasteiger partial charge is 0.341 e. The summed E-state index contributed by atoms with van der Waals surface area (Å²) in [7, 11) is 0. The Balaban J connectivity index is 1.51. The minimum Gasteiger partial charge on any atom is -0.462 e. The molecule has 6 nitrogen and oxygen atoms in total. The summed E-state index contributed by atoms with van der Waals surface area (Å²) in [5, 5.41) is 3.50. The molecule has 7 heteroatoms. The van der Waals surface area contributed by atoms with E-state index in [9.17, 15) is 9.59 Å². The first-order valence-corrected chi connectivity index (χ1v) is 11.4. The van der Waals surface area contributed by atoms with Gasteiger partial charge in [0.1, 0.15) is 10.8 Å². The van der Waals surface area contributed by atoms with Gasteiger partial charge in [0.05, 0.1) is 18.7 Å². The van der Waals surface area contributed by atoms with Crippen LogP contribution in [0.2, 0.25) is 0 Å². The standard InChI is InChI=1S/C22H28N2O4S/c1-2-13-27-22(26)19-16-7-3-4-8-18(16)29-21(19)23-20(25)17-10-9-15(28-17)14-24-11-5-6-12-24/h9-10H,2-8,11-14H2,1H3,(H,23,25). The molecule has 1 aliphatic carbocycles. The van der Waals surface area contributed by atoms with Crippen LogP contribution in [0, 0.1) is 0 Å². The highest BCUT2D eigenvalue weighted by molar-refractivity contribution is 7.17. The van der Waals surface area contributed by atoms with Crippen LogP contribution in [0.3, 0.4) is 0 Å². The van der Waals surface area contributed by atoms with E-state index in [1.165, 1.54) is 29.1 Å². The topological polar surface area (TPSA) is 71.8 Å². The highest BCUT2D eigenvalue weighted by atomic mass is 32.1. The Morgan fingerprint density at radius 2 is 1.97 bits per heavy atom. The summed E-state index contributed by atoms with van der Waals surface area (Å²) < 4.78 is 11.2. The lowest BCUT2D eigenvalue weighted by Crippen LogP contribution is -2.18. The number of carbonyl (C=O) groups is 2. The van der Waals surface area contributed by atoms with E-state index >= 15 is 0 Å². The summed E-state index contributed by atoms with van der Waals surface area (Å²) in [5.74, 6) is 0.417. The lowest BCUT2D eigenvalue weighted by molar-refractivity contribution is 0.0505. The van der Waals surface area contributed by atoms with E-state index in [0.29, 0.717) is 17.2 Å². The number of furan rings is 1. The lowest BCUT2D eigenvalue weighted by atomic mass is 9.95. The molecule has 0 saturated carbocycles. The van der Waals surface area contributed by atoms with Gasteiger partial charge in [0.2, 0.25) is 0 Å². The number of esters is 1. The summed E-state index contributed by atoms with van der Waals surface area (Å²) in [6.07, 6.45) is 7.18. The molecule has 4 rings (SSSR count). The predicted molar refractivity (Wildman–Crippen MR) is 113 cm³/mol. The zero-order valence-corrected chi connectivity index (χ0v) is 17.7. The molecular weight excluding hydrogens is 388 g/mol. The van der Waals surface area contributed by atoms with E-state index in [0.717, 1.165) is 63.1 Å². The third-order valence-corrected chi connectivity index (χ3v) is 6.71. The number of ether oxygens (including phenoxy) is 1. The molecule has 1 N–H and O–H groups in total. The number of amides is 1. The average molecular weight is 417 g/mol. The Labute approximate surface area is 175 Å². The van der Waals surface area contributed by atoms with Gasteiger partial charge in [-0.1, -0.05) is 6.92 Å². The molecule has 0 radical (unpaired) electrons. The van der Waals surface area contributed by atoms with Crippen molar-refractivity contribution < 1.29 is 18.7 Å². The number of likely N-dealkylation sites (tertiary alicyclic amines) is 1. The number of nitrogens with zero attached hydrogens (tertiary/aromatic N) is 1. The molecule has 1 saturated heterocycles. The van der Waals surface area contributed by atoms with Gasteiger partial charge in [0.15, 0.2) is 5.76 Å². The van der Waals surface area contributed by atoms with Gasteiger partial charge in [-0.2, -0.15) is 0 Å². The minimum atomic E-state index is -0.337. The Kier molecular flexibility index (Phi) is 6.35.